The summed E-state index contributed by atoms with van der Waals surface area (Å²) in [6.45, 7) is 0. The molecule has 0 saturated heterocycles. The molecule has 68 valence electrons. The average molecular weight is 282 g/mol. The molecule has 2 heterocycles. The summed E-state index contributed by atoms with van der Waals surface area (Å²) in [6.07, 6.45) is 0. The maximum Gasteiger partial charge on any atom is 0.439 e. The van der Waals surface area contributed by atoms with Crippen molar-refractivity contribution in [2.45, 2.75) is 0 Å². The van der Waals surface area contributed by atoms with E-state index in [4.69, 9.17) is 11.6 Å². The normalized spacial score (nSPS) is 10.6. The number of nitrogens with zero attached hydrogens (tertiary/aromatic N) is 1. The van der Waals surface area contributed by atoms with Gasteiger partial charge in [-0.05, 0) is 22.0 Å². The Balaban J connectivity index is 2.52. The first-order valence-electron chi connectivity index (χ1n) is 3.18. The second-order valence-electron chi connectivity index (χ2n) is 2.18. The van der Waals surface area contributed by atoms with E-state index in [1.807, 2.05) is 0 Å². The minimum absolute atomic E-state index is 0.391. The summed E-state index contributed by atoms with van der Waals surface area (Å²) in [5.74, 6) is -0.182. The third-order valence-corrected chi connectivity index (χ3v) is 3.80. The smallest absolute Gasteiger partial charge is 0.296 e. The van der Waals surface area contributed by atoms with E-state index in [1.165, 1.54) is 11.3 Å². The molecule has 0 bridgehead atoms. The molecule has 4 nitrogen and oxygen atoms in total. The van der Waals surface area contributed by atoms with Crippen LogP contribution in [0.5, 0.6) is 0 Å². The van der Waals surface area contributed by atoms with Gasteiger partial charge in [-0.3, -0.25) is 9.51 Å². The fraction of sp³-hybridized carbons (Fsp3) is 0. The number of thiophene rings is 1. The number of hydrogen-bond acceptors (Lipinski definition) is 4. The quantitative estimate of drug-likeness (QED) is 0.874. The van der Waals surface area contributed by atoms with E-state index in [0.717, 1.165) is 9.35 Å². The highest BCUT2D eigenvalue weighted by Crippen LogP contribution is 2.36. The molecule has 13 heavy (non-hydrogen) atoms. The van der Waals surface area contributed by atoms with Gasteiger partial charge in [0.15, 0.2) is 5.82 Å². The number of halogens is 2. The average Bonchev–Trinajstić information content (AvgIpc) is 2.61. The number of hydrogen-bond donors (Lipinski definition) is 1. The second kappa shape index (κ2) is 3.28. The molecule has 0 aliphatic carbocycles. The van der Waals surface area contributed by atoms with E-state index < -0.39 is 5.76 Å². The molecule has 0 unspecified atom stereocenters. The minimum Gasteiger partial charge on any atom is -0.296 e. The maximum atomic E-state index is 10.6. The van der Waals surface area contributed by atoms with Crippen molar-refractivity contribution in [2.24, 2.45) is 0 Å². The second-order valence-corrected chi connectivity index (χ2v) is 4.68. The molecule has 0 spiro atoms. The van der Waals surface area contributed by atoms with Crippen molar-refractivity contribution in [3.63, 3.8) is 0 Å². The van der Waals surface area contributed by atoms with E-state index in [2.05, 4.69) is 30.6 Å². The maximum absolute atomic E-state index is 10.6. The topological polar surface area (TPSA) is 58.9 Å². The van der Waals surface area contributed by atoms with Crippen molar-refractivity contribution in [3.8, 4) is 10.7 Å². The zero-order valence-electron chi connectivity index (χ0n) is 6.01. The molecule has 0 aromatic carbocycles. The monoisotopic (exact) mass is 280 g/mol. The van der Waals surface area contributed by atoms with Gasteiger partial charge >= 0.3 is 5.76 Å². The first-order chi connectivity index (χ1) is 6.16. The molecule has 0 aliphatic rings. The summed E-state index contributed by atoms with van der Waals surface area (Å²) in [6, 6.07) is 1.76. The molecule has 0 fully saturated rings. The van der Waals surface area contributed by atoms with Gasteiger partial charge in [0, 0.05) is 4.47 Å². The number of rotatable bonds is 1. The fourth-order valence-electron chi connectivity index (χ4n) is 0.799. The third-order valence-electron chi connectivity index (χ3n) is 1.32. The van der Waals surface area contributed by atoms with Crippen LogP contribution in [0.15, 0.2) is 19.9 Å². The molecule has 2 aromatic rings. The van der Waals surface area contributed by atoms with Crippen molar-refractivity contribution in [3.05, 3.63) is 25.4 Å². The Morgan fingerprint density at radius 1 is 1.69 bits per heavy atom. The Morgan fingerprint density at radius 2 is 2.46 bits per heavy atom. The summed E-state index contributed by atoms with van der Waals surface area (Å²) in [4.78, 5) is 13.8. The fourth-order valence-corrected chi connectivity index (χ4v) is 2.44. The standard InChI is InChI=1S/C6H2BrClN2O2S/c7-2-1-3(13-4(2)8)5-9-6(11)12-10-5/h1H,(H,9,10,11). The van der Waals surface area contributed by atoms with Crippen molar-refractivity contribution in [1.29, 1.82) is 0 Å². The van der Waals surface area contributed by atoms with Crippen LogP contribution in [0, 0.1) is 0 Å². The summed E-state index contributed by atoms with van der Waals surface area (Å²) >= 11 is 10.4. The molecule has 0 atom stereocenters. The predicted molar refractivity (Wildman–Crippen MR) is 53.1 cm³/mol. The molecule has 0 saturated carbocycles. The molecular formula is C6H2BrClN2O2S. The van der Waals surface area contributed by atoms with Crippen LogP contribution >= 0.6 is 38.9 Å². The van der Waals surface area contributed by atoms with Gasteiger partial charge in [0.1, 0.15) is 4.34 Å². The predicted octanol–water partition coefficient (Wildman–Crippen LogP) is 2.51. The van der Waals surface area contributed by atoms with Crippen LogP contribution in [0.1, 0.15) is 0 Å². The first kappa shape index (κ1) is 8.98. The highest BCUT2D eigenvalue weighted by atomic mass is 79.9. The van der Waals surface area contributed by atoms with Gasteiger partial charge in [-0.15, -0.1) is 11.3 Å². The number of aromatic nitrogens is 2. The zero-order valence-corrected chi connectivity index (χ0v) is 9.16. The first-order valence-corrected chi connectivity index (χ1v) is 5.17. The van der Waals surface area contributed by atoms with Crippen LogP contribution in [0.2, 0.25) is 4.34 Å². The number of nitrogens with one attached hydrogen (secondary N) is 1. The molecule has 2 aromatic heterocycles. The van der Waals surface area contributed by atoms with E-state index in [9.17, 15) is 4.79 Å². The molecule has 0 aliphatic heterocycles. The van der Waals surface area contributed by atoms with Crippen LogP contribution in [0.3, 0.4) is 0 Å². The van der Waals surface area contributed by atoms with Crippen LogP contribution in [0.25, 0.3) is 10.7 Å². The van der Waals surface area contributed by atoms with E-state index in [-0.39, 0.29) is 0 Å². The summed E-state index contributed by atoms with van der Waals surface area (Å²) in [5.41, 5.74) is 0. The Labute approximate surface area is 89.6 Å². The van der Waals surface area contributed by atoms with Crippen LogP contribution in [-0.2, 0) is 0 Å². The van der Waals surface area contributed by atoms with Gasteiger partial charge in [-0.2, -0.15) is 0 Å². The lowest BCUT2D eigenvalue weighted by molar-refractivity contribution is 0.388. The highest BCUT2D eigenvalue weighted by Gasteiger charge is 2.10. The summed E-state index contributed by atoms with van der Waals surface area (Å²) < 4.78 is 5.74. The number of aromatic amines is 1. The van der Waals surface area contributed by atoms with Crippen molar-refractivity contribution in [1.82, 2.24) is 10.1 Å². The minimum atomic E-state index is -0.573. The molecule has 1 N–H and O–H groups in total. The Bertz CT molecular complexity index is 469. The van der Waals surface area contributed by atoms with Crippen molar-refractivity contribution >= 4 is 38.9 Å². The third kappa shape index (κ3) is 1.70. The van der Waals surface area contributed by atoms with Crippen LogP contribution in [0.4, 0.5) is 0 Å². The molecule has 0 radical (unpaired) electrons. The zero-order chi connectivity index (χ0) is 9.42. The lowest BCUT2D eigenvalue weighted by Gasteiger charge is -1.81. The molecule has 2 rings (SSSR count). The van der Waals surface area contributed by atoms with E-state index >= 15 is 0 Å². The Morgan fingerprint density at radius 3 is 2.92 bits per heavy atom. The lowest BCUT2D eigenvalue weighted by atomic mass is 10.4. The van der Waals surface area contributed by atoms with Gasteiger partial charge in [-0.25, -0.2) is 4.79 Å². The molecule has 0 amide bonds. The van der Waals surface area contributed by atoms with Crippen LogP contribution in [-0.4, -0.2) is 10.1 Å². The SMILES string of the molecule is O=c1[nH]c(-c2cc(Br)c(Cl)s2)no1. The highest BCUT2D eigenvalue weighted by molar-refractivity contribution is 9.10. The van der Waals surface area contributed by atoms with Gasteiger partial charge in [0.2, 0.25) is 0 Å². The van der Waals surface area contributed by atoms with Gasteiger partial charge in [0.25, 0.3) is 0 Å². The lowest BCUT2D eigenvalue weighted by Crippen LogP contribution is -1.94. The van der Waals surface area contributed by atoms with Gasteiger partial charge < -0.3 is 0 Å². The molecule has 7 heteroatoms. The Hall–Kier alpha value is -0.590. The van der Waals surface area contributed by atoms with Gasteiger partial charge in [0.05, 0.1) is 4.88 Å². The Kier molecular flexibility index (Phi) is 2.27. The summed E-state index contributed by atoms with van der Waals surface area (Å²) in [5, 5.41) is 3.53. The van der Waals surface area contributed by atoms with Crippen molar-refractivity contribution < 1.29 is 4.52 Å². The van der Waals surface area contributed by atoms with E-state index in [0.29, 0.717) is 10.2 Å². The van der Waals surface area contributed by atoms with Crippen LogP contribution < -0.4 is 5.76 Å². The van der Waals surface area contributed by atoms with Gasteiger partial charge in [-0.1, -0.05) is 16.8 Å². The molecular weight excluding hydrogens is 280 g/mol. The van der Waals surface area contributed by atoms with E-state index in [1.54, 1.807) is 6.07 Å². The largest absolute Gasteiger partial charge is 0.439 e. The number of H-pyrrole nitrogens is 1. The summed E-state index contributed by atoms with van der Waals surface area (Å²) in [7, 11) is 0. The van der Waals surface area contributed by atoms with Crippen molar-refractivity contribution in [2.75, 3.05) is 0 Å².